The maximum absolute atomic E-state index is 8.82. The second-order valence-electron chi connectivity index (χ2n) is 2.63. The van der Waals surface area contributed by atoms with Crippen LogP contribution < -0.4 is 5.84 Å². The molecular formula is C10H18N2O3. The van der Waals surface area contributed by atoms with Gasteiger partial charge in [0.05, 0.1) is 19.8 Å². The first-order valence-electron chi connectivity index (χ1n) is 4.73. The van der Waals surface area contributed by atoms with Crippen LogP contribution in [0.15, 0.2) is 29.1 Å². The molecule has 0 aliphatic carbocycles. The normalized spacial score (nSPS) is 12.5. The van der Waals surface area contributed by atoms with Crippen molar-refractivity contribution in [2.45, 2.75) is 13.8 Å². The van der Waals surface area contributed by atoms with Crippen molar-refractivity contribution in [3.63, 3.8) is 0 Å². The molecule has 0 saturated carbocycles. The number of hydrogen-bond donors (Lipinski definition) is 2. The van der Waals surface area contributed by atoms with Gasteiger partial charge in [0.25, 0.3) is 5.90 Å². The summed E-state index contributed by atoms with van der Waals surface area (Å²) in [7, 11) is 0. The highest BCUT2D eigenvalue weighted by molar-refractivity contribution is 5.91. The van der Waals surface area contributed by atoms with E-state index in [4.69, 9.17) is 20.4 Å². The van der Waals surface area contributed by atoms with Gasteiger partial charge in [0.2, 0.25) is 0 Å². The molecule has 3 N–H and O–H groups in total. The lowest BCUT2D eigenvalue weighted by molar-refractivity contribution is 0.222. The van der Waals surface area contributed by atoms with Crippen LogP contribution in [0.1, 0.15) is 13.8 Å². The van der Waals surface area contributed by atoms with Crippen molar-refractivity contribution in [2.75, 3.05) is 19.8 Å². The Morgan fingerprint density at radius 3 is 2.40 bits per heavy atom. The third kappa shape index (κ3) is 5.07. The van der Waals surface area contributed by atoms with Crippen LogP contribution in [0.5, 0.6) is 0 Å². The first-order chi connectivity index (χ1) is 7.19. The number of hydrazone groups is 1. The van der Waals surface area contributed by atoms with E-state index >= 15 is 0 Å². The summed E-state index contributed by atoms with van der Waals surface area (Å²) in [6.07, 6.45) is 1.55. The average Bonchev–Trinajstić information content (AvgIpc) is 2.25. The second kappa shape index (κ2) is 7.87. The molecule has 0 rings (SSSR count). The van der Waals surface area contributed by atoms with Gasteiger partial charge in [0, 0.05) is 0 Å². The van der Waals surface area contributed by atoms with E-state index in [0.717, 1.165) is 0 Å². The highest BCUT2D eigenvalue weighted by Crippen LogP contribution is 2.06. The number of nitrogens with two attached hydrogens (primary N) is 1. The number of rotatable bonds is 6. The average molecular weight is 214 g/mol. The molecule has 0 saturated heterocycles. The lowest BCUT2D eigenvalue weighted by Crippen LogP contribution is -2.14. The first kappa shape index (κ1) is 13.5. The Balaban J connectivity index is 4.77. The van der Waals surface area contributed by atoms with Gasteiger partial charge in [-0.15, -0.1) is 5.10 Å². The minimum absolute atomic E-state index is 0.152. The van der Waals surface area contributed by atoms with Gasteiger partial charge in [-0.3, -0.25) is 0 Å². The molecule has 5 heteroatoms. The molecule has 5 nitrogen and oxygen atoms in total. The molecule has 0 aromatic rings. The fourth-order valence-electron chi connectivity index (χ4n) is 0.860. The maximum Gasteiger partial charge on any atom is 0.273 e. The van der Waals surface area contributed by atoms with Crippen molar-refractivity contribution in [1.82, 2.24) is 0 Å². The molecule has 15 heavy (non-hydrogen) atoms. The molecule has 0 radical (unpaired) electrons. The van der Waals surface area contributed by atoms with Gasteiger partial charge >= 0.3 is 0 Å². The number of aliphatic hydroxyl groups is 1. The molecule has 0 aliphatic heterocycles. The molecule has 86 valence electrons. The largest absolute Gasteiger partial charge is 0.488 e. The Bertz CT molecular complexity index is 259. The summed E-state index contributed by atoms with van der Waals surface area (Å²) in [5.74, 6) is 5.74. The van der Waals surface area contributed by atoms with Crippen LogP contribution in [-0.4, -0.2) is 30.8 Å². The Morgan fingerprint density at radius 2 is 2.00 bits per heavy atom. The van der Waals surface area contributed by atoms with Crippen LogP contribution in [-0.2, 0) is 9.47 Å². The van der Waals surface area contributed by atoms with Crippen LogP contribution in [0.25, 0.3) is 0 Å². The summed E-state index contributed by atoms with van der Waals surface area (Å²) in [6.45, 7) is 8.00. The lowest BCUT2D eigenvalue weighted by atomic mass is 10.2. The third-order valence-corrected chi connectivity index (χ3v) is 1.45. The zero-order chi connectivity index (χ0) is 11.7. The third-order valence-electron chi connectivity index (χ3n) is 1.45. The van der Waals surface area contributed by atoms with Crippen LogP contribution in [0.2, 0.25) is 0 Å². The summed E-state index contributed by atoms with van der Waals surface area (Å²) < 4.78 is 10.4. The summed E-state index contributed by atoms with van der Waals surface area (Å²) in [5, 5.41) is 12.3. The van der Waals surface area contributed by atoms with Crippen LogP contribution >= 0.6 is 0 Å². The van der Waals surface area contributed by atoms with Gasteiger partial charge in [0.1, 0.15) is 0 Å². The molecule has 0 fully saturated rings. The Hall–Kier alpha value is -1.49. The van der Waals surface area contributed by atoms with Crippen molar-refractivity contribution in [3.8, 4) is 0 Å². The monoisotopic (exact) mass is 214 g/mol. The highest BCUT2D eigenvalue weighted by Gasteiger charge is 2.09. The van der Waals surface area contributed by atoms with Gasteiger partial charge in [-0.2, -0.15) is 0 Å². The van der Waals surface area contributed by atoms with Crippen LogP contribution in [0.3, 0.4) is 0 Å². The smallest absolute Gasteiger partial charge is 0.273 e. The number of nitrogens with zero attached hydrogens (tertiary/aromatic N) is 1. The zero-order valence-electron chi connectivity index (χ0n) is 9.19. The summed E-state index contributed by atoms with van der Waals surface area (Å²) in [4.78, 5) is 0. The minimum atomic E-state index is -0.152. The van der Waals surface area contributed by atoms with E-state index in [0.29, 0.717) is 24.5 Å². The van der Waals surface area contributed by atoms with E-state index in [1.54, 1.807) is 6.08 Å². The predicted octanol–water partition coefficient (Wildman–Crippen LogP) is 0.764. The zero-order valence-corrected chi connectivity index (χ0v) is 9.19. The Morgan fingerprint density at radius 1 is 1.40 bits per heavy atom. The van der Waals surface area contributed by atoms with Crippen molar-refractivity contribution in [3.05, 3.63) is 24.0 Å². The number of hydrogen-bond acceptors (Lipinski definition) is 5. The van der Waals surface area contributed by atoms with E-state index in [-0.39, 0.29) is 12.5 Å². The molecule has 0 bridgehead atoms. The van der Waals surface area contributed by atoms with Crippen molar-refractivity contribution in [1.29, 1.82) is 0 Å². The SMILES string of the molecule is C=C(/C=C(OCC)\C(=N/N)OCC)CO. The van der Waals surface area contributed by atoms with Gasteiger partial charge in [-0.1, -0.05) is 6.58 Å². The standard InChI is InChI=1S/C10H18N2O3/c1-4-14-9(6-8(3)7-13)10(12-11)15-5-2/h6,13H,3-5,7,11H2,1-2H3/b9-6+,12-10+. The topological polar surface area (TPSA) is 77.1 Å². The molecule has 0 unspecified atom stereocenters. The van der Waals surface area contributed by atoms with E-state index < -0.39 is 0 Å². The lowest BCUT2D eigenvalue weighted by Gasteiger charge is -2.11. The minimum Gasteiger partial charge on any atom is -0.488 e. The van der Waals surface area contributed by atoms with Gasteiger partial charge in [-0.25, -0.2) is 0 Å². The molecular weight excluding hydrogens is 196 g/mol. The van der Waals surface area contributed by atoms with E-state index in [2.05, 4.69) is 11.7 Å². The number of aliphatic hydroxyl groups excluding tert-OH is 1. The predicted molar refractivity (Wildman–Crippen MR) is 59.2 cm³/mol. The molecule has 0 heterocycles. The molecule has 0 aromatic heterocycles. The van der Waals surface area contributed by atoms with E-state index in [1.165, 1.54) is 0 Å². The Kier molecular flexibility index (Phi) is 7.09. The molecule has 0 spiro atoms. The van der Waals surface area contributed by atoms with Crippen LogP contribution in [0.4, 0.5) is 0 Å². The maximum atomic E-state index is 8.82. The number of ether oxygens (including phenoxy) is 2. The summed E-state index contributed by atoms with van der Waals surface area (Å²) in [6, 6.07) is 0. The van der Waals surface area contributed by atoms with Gasteiger partial charge < -0.3 is 20.4 Å². The van der Waals surface area contributed by atoms with E-state index in [1.807, 2.05) is 13.8 Å². The molecule has 0 amide bonds. The van der Waals surface area contributed by atoms with Crippen molar-refractivity contribution < 1.29 is 14.6 Å². The van der Waals surface area contributed by atoms with Gasteiger partial charge in [0.15, 0.2) is 5.76 Å². The van der Waals surface area contributed by atoms with Crippen molar-refractivity contribution in [2.24, 2.45) is 10.9 Å². The fraction of sp³-hybridized carbons (Fsp3) is 0.500. The molecule has 0 atom stereocenters. The summed E-state index contributed by atoms with van der Waals surface area (Å²) in [5.41, 5.74) is 0.499. The molecule has 0 aromatic carbocycles. The van der Waals surface area contributed by atoms with E-state index in [9.17, 15) is 0 Å². The second-order valence-corrected chi connectivity index (χ2v) is 2.63. The Labute approximate surface area is 89.9 Å². The molecule has 0 aliphatic rings. The van der Waals surface area contributed by atoms with Crippen LogP contribution in [0, 0.1) is 0 Å². The van der Waals surface area contributed by atoms with Crippen molar-refractivity contribution >= 4 is 5.90 Å². The fourth-order valence-corrected chi connectivity index (χ4v) is 0.860. The van der Waals surface area contributed by atoms with Gasteiger partial charge in [-0.05, 0) is 25.5 Å². The first-order valence-corrected chi connectivity index (χ1v) is 4.73. The quantitative estimate of drug-likeness (QED) is 0.171. The highest BCUT2D eigenvalue weighted by atomic mass is 16.5. The summed E-state index contributed by atoms with van der Waals surface area (Å²) >= 11 is 0.